The fraction of sp³-hybridized carbons (Fsp3) is 0.417. The predicted octanol–water partition coefficient (Wildman–Crippen LogP) is 0.816. The van der Waals surface area contributed by atoms with Crippen molar-refractivity contribution in [3.05, 3.63) is 35.9 Å². The molecule has 1 atom stereocenters. The Hall–Kier alpha value is -1.44. The van der Waals surface area contributed by atoms with E-state index in [1.54, 1.807) is 19.1 Å². The molecule has 0 spiro atoms. The largest absolute Gasteiger partial charge is 0.480 e. The molecule has 0 fully saturated rings. The molecule has 0 heterocycles. The van der Waals surface area contributed by atoms with Crippen LogP contribution in [0.1, 0.15) is 18.9 Å². The summed E-state index contributed by atoms with van der Waals surface area (Å²) in [6.07, 6.45) is 0.188. The number of rotatable bonds is 7. The van der Waals surface area contributed by atoms with Gasteiger partial charge in [0.2, 0.25) is 0 Å². The van der Waals surface area contributed by atoms with E-state index in [1.807, 2.05) is 18.2 Å². The van der Waals surface area contributed by atoms with Crippen molar-refractivity contribution in [3.63, 3.8) is 0 Å². The second-order valence-electron chi connectivity index (χ2n) is 4.16. The highest BCUT2D eigenvalue weighted by Crippen LogP contribution is 2.07. The molecule has 0 aliphatic carbocycles. The Bertz CT molecular complexity index is 516. The SMILES string of the molecule is CC[C@@H](NS(=O)(=O)N(C)Cc1ccccc1)C(=O)O. The number of nitrogens with one attached hydrogen (secondary N) is 1. The second-order valence-corrected chi connectivity index (χ2v) is 5.97. The molecule has 0 saturated heterocycles. The van der Waals surface area contributed by atoms with Gasteiger partial charge < -0.3 is 5.11 Å². The van der Waals surface area contributed by atoms with Crippen LogP contribution in [-0.2, 0) is 21.5 Å². The molecule has 0 unspecified atom stereocenters. The Labute approximate surface area is 113 Å². The highest BCUT2D eigenvalue weighted by atomic mass is 32.2. The molecule has 0 aliphatic heterocycles. The number of aliphatic carboxylic acids is 1. The molecule has 6 nitrogen and oxygen atoms in total. The molecular formula is C12H18N2O4S. The first-order valence-electron chi connectivity index (χ1n) is 5.87. The smallest absolute Gasteiger partial charge is 0.321 e. The number of carboxylic acid groups (broad SMARTS) is 1. The van der Waals surface area contributed by atoms with E-state index < -0.39 is 22.2 Å². The summed E-state index contributed by atoms with van der Waals surface area (Å²) in [6, 6.07) is 7.97. The summed E-state index contributed by atoms with van der Waals surface area (Å²) in [5.41, 5.74) is 0.832. The fourth-order valence-electron chi connectivity index (χ4n) is 1.50. The molecule has 7 heteroatoms. The minimum absolute atomic E-state index is 0.187. The molecular weight excluding hydrogens is 268 g/mol. The van der Waals surface area contributed by atoms with E-state index >= 15 is 0 Å². The van der Waals surface area contributed by atoms with Crippen molar-refractivity contribution in [1.82, 2.24) is 9.03 Å². The van der Waals surface area contributed by atoms with Gasteiger partial charge in [-0.3, -0.25) is 4.79 Å². The van der Waals surface area contributed by atoms with Gasteiger partial charge in [-0.2, -0.15) is 17.4 Å². The van der Waals surface area contributed by atoms with E-state index in [0.29, 0.717) is 0 Å². The highest BCUT2D eigenvalue weighted by molar-refractivity contribution is 7.87. The second kappa shape index (κ2) is 6.65. The van der Waals surface area contributed by atoms with E-state index in [1.165, 1.54) is 7.05 Å². The third-order valence-electron chi connectivity index (χ3n) is 2.66. The van der Waals surface area contributed by atoms with Crippen LogP contribution in [0.5, 0.6) is 0 Å². The summed E-state index contributed by atoms with van der Waals surface area (Å²) in [7, 11) is -2.41. The molecule has 0 bridgehead atoms. The zero-order chi connectivity index (χ0) is 14.5. The lowest BCUT2D eigenvalue weighted by Crippen LogP contribution is -2.46. The van der Waals surface area contributed by atoms with Gasteiger partial charge in [-0.15, -0.1) is 0 Å². The maximum Gasteiger partial charge on any atom is 0.321 e. The number of hydrogen-bond donors (Lipinski definition) is 2. The summed E-state index contributed by atoms with van der Waals surface area (Å²) >= 11 is 0. The van der Waals surface area contributed by atoms with Crippen LogP contribution in [0.3, 0.4) is 0 Å². The lowest BCUT2D eigenvalue weighted by Gasteiger charge is -2.20. The van der Waals surface area contributed by atoms with Crippen LogP contribution in [0.4, 0.5) is 0 Å². The Morgan fingerprint density at radius 1 is 1.37 bits per heavy atom. The zero-order valence-electron chi connectivity index (χ0n) is 10.9. The van der Waals surface area contributed by atoms with E-state index in [4.69, 9.17) is 5.11 Å². The van der Waals surface area contributed by atoms with Gasteiger partial charge in [-0.05, 0) is 12.0 Å². The highest BCUT2D eigenvalue weighted by Gasteiger charge is 2.25. The molecule has 1 aromatic carbocycles. The van der Waals surface area contributed by atoms with Crippen molar-refractivity contribution < 1.29 is 18.3 Å². The van der Waals surface area contributed by atoms with Crippen molar-refractivity contribution in [1.29, 1.82) is 0 Å². The Morgan fingerprint density at radius 3 is 2.42 bits per heavy atom. The summed E-state index contributed by atoms with van der Waals surface area (Å²) in [6.45, 7) is 1.80. The summed E-state index contributed by atoms with van der Waals surface area (Å²) < 4.78 is 27.2. The van der Waals surface area contributed by atoms with Crippen molar-refractivity contribution >= 4 is 16.2 Å². The normalized spacial score (nSPS) is 13.4. The first kappa shape index (κ1) is 15.6. The number of benzene rings is 1. The maximum atomic E-state index is 12.0. The topological polar surface area (TPSA) is 86.7 Å². The number of hydrogen-bond acceptors (Lipinski definition) is 3. The molecule has 0 saturated carbocycles. The lowest BCUT2D eigenvalue weighted by molar-refractivity contribution is -0.139. The molecule has 19 heavy (non-hydrogen) atoms. The molecule has 0 aromatic heterocycles. The van der Waals surface area contributed by atoms with Gasteiger partial charge in [0.25, 0.3) is 10.2 Å². The molecule has 0 aliphatic rings. The minimum atomic E-state index is -3.81. The van der Waals surface area contributed by atoms with Crippen molar-refractivity contribution in [2.45, 2.75) is 25.9 Å². The van der Waals surface area contributed by atoms with Gasteiger partial charge in [0.1, 0.15) is 6.04 Å². The van der Waals surface area contributed by atoms with Gasteiger partial charge in [0.15, 0.2) is 0 Å². The van der Waals surface area contributed by atoms with Crippen LogP contribution in [0.2, 0.25) is 0 Å². The standard InChI is InChI=1S/C12H18N2O4S/c1-3-11(12(15)16)13-19(17,18)14(2)9-10-7-5-4-6-8-10/h4-8,11,13H,3,9H2,1-2H3,(H,15,16)/t11-/m1/s1. The molecule has 2 N–H and O–H groups in total. The van der Waals surface area contributed by atoms with Crippen LogP contribution < -0.4 is 4.72 Å². The number of carboxylic acids is 1. The number of nitrogens with zero attached hydrogens (tertiary/aromatic N) is 1. The molecule has 106 valence electrons. The average Bonchev–Trinajstić information content (AvgIpc) is 2.36. The third-order valence-corrected chi connectivity index (χ3v) is 4.19. The number of carbonyl (C=O) groups is 1. The Morgan fingerprint density at radius 2 is 1.95 bits per heavy atom. The van der Waals surface area contributed by atoms with Crippen LogP contribution in [0, 0.1) is 0 Å². The van der Waals surface area contributed by atoms with E-state index in [0.717, 1.165) is 9.87 Å². The van der Waals surface area contributed by atoms with Gasteiger partial charge in [-0.1, -0.05) is 37.3 Å². The first-order chi connectivity index (χ1) is 8.86. The van der Waals surface area contributed by atoms with E-state index in [-0.39, 0.29) is 13.0 Å². The van der Waals surface area contributed by atoms with Crippen LogP contribution in [0.25, 0.3) is 0 Å². The van der Waals surface area contributed by atoms with Crippen molar-refractivity contribution in [2.75, 3.05) is 7.05 Å². The fourth-order valence-corrected chi connectivity index (χ4v) is 2.63. The molecule has 1 rings (SSSR count). The Kier molecular flexibility index (Phi) is 5.46. The first-order valence-corrected chi connectivity index (χ1v) is 7.31. The van der Waals surface area contributed by atoms with Crippen molar-refractivity contribution in [3.8, 4) is 0 Å². The van der Waals surface area contributed by atoms with Crippen molar-refractivity contribution in [2.24, 2.45) is 0 Å². The van der Waals surface area contributed by atoms with Gasteiger partial charge >= 0.3 is 5.97 Å². The van der Waals surface area contributed by atoms with E-state index in [9.17, 15) is 13.2 Å². The summed E-state index contributed by atoms with van der Waals surface area (Å²) in [5, 5.41) is 8.86. The van der Waals surface area contributed by atoms with Crippen LogP contribution >= 0.6 is 0 Å². The molecule has 0 radical (unpaired) electrons. The minimum Gasteiger partial charge on any atom is -0.480 e. The van der Waals surface area contributed by atoms with Gasteiger partial charge in [0.05, 0.1) is 0 Å². The van der Waals surface area contributed by atoms with Crippen LogP contribution in [-0.4, -0.2) is 36.9 Å². The third kappa shape index (κ3) is 4.62. The van der Waals surface area contributed by atoms with E-state index in [2.05, 4.69) is 4.72 Å². The predicted molar refractivity (Wildman–Crippen MR) is 71.7 cm³/mol. The monoisotopic (exact) mass is 286 g/mol. The molecule has 0 amide bonds. The molecule has 1 aromatic rings. The quantitative estimate of drug-likeness (QED) is 0.777. The van der Waals surface area contributed by atoms with Crippen LogP contribution in [0.15, 0.2) is 30.3 Å². The lowest BCUT2D eigenvalue weighted by atomic mass is 10.2. The maximum absolute atomic E-state index is 12.0. The summed E-state index contributed by atoms with van der Waals surface area (Å²) in [4.78, 5) is 10.8. The zero-order valence-corrected chi connectivity index (χ0v) is 11.7. The van der Waals surface area contributed by atoms with Gasteiger partial charge in [0, 0.05) is 13.6 Å². The van der Waals surface area contributed by atoms with Gasteiger partial charge in [-0.25, -0.2) is 0 Å². The Balaban J connectivity index is 2.74. The average molecular weight is 286 g/mol. The summed E-state index contributed by atoms with van der Waals surface area (Å²) in [5.74, 6) is -1.18.